The molecule has 1 heterocycles. The molecule has 0 unspecified atom stereocenters. The molecule has 0 aromatic carbocycles. The summed E-state index contributed by atoms with van der Waals surface area (Å²) in [5.74, 6) is 0.676. The molecule has 58 valence electrons. The number of hydrogen-bond acceptors (Lipinski definition) is 2. The van der Waals surface area contributed by atoms with Crippen molar-refractivity contribution in [3.63, 3.8) is 0 Å². The van der Waals surface area contributed by atoms with Gasteiger partial charge in [-0.05, 0) is 12.8 Å². The Bertz CT molecular complexity index is 125. The molecule has 0 amide bonds. The summed E-state index contributed by atoms with van der Waals surface area (Å²) in [6, 6.07) is 0. The predicted molar refractivity (Wildman–Crippen MR) is 39.7 cm³/mol. The summed E-state index contributed by atoms with van der Waals surface area (Å²) in [6.45, 7) is 1.83. The highest BCUT2D eigenvalue weighted by Gasteiger charge is 2.41. The van der Waals surface area contributed by atoms with Crippen LogP contribution in [0.25, 0.3) is 0 Å². The van der Waals surface area contributed by atoms with Crippen molar-refractivity contribution in [2.75, 3.05) is 13.2 Å². The van der Waals surface area contributed by atoms with Gasteiger partial charge in [0.1, 0.15) is 0 Å². The maximum atomic E-state index is 6.18. The lowest BCUT2D eigenvalue weighted by atomic mass is 9.82. The second-order valence-corrected chi connectivity index (χ2v) is 3.67. The molecule has 0 bridgehead atoms. The van der Waals surface area contributed by atoms with E-state index in [0.717, 1.165) is 13.2 Å². The van der Waals surface area contributed by atoms with Gasteiger partial charge < -0.3 is 10.5 Å². The molecule has 1 aliphatic carbocycles. The fourth-order valence-electron chi connectivity index (χ4n) is 2.01. The quantitative estimate of drug-likeness (QED) is 0.589. The molecule has 0 atom stereocenters. The third-order valence-corrected chi connectivity index (χ3v) is 2.99. The average Bonchev–Trinajstić information content (AvgIpc) is 2.09. The highest BCUT2D eigenvalue weighted by molar-refractivity contribution is 4.97. The van der Waals surface area contributed by atoms with Gasteiger partial charge in [0.25, 0.3) is 0 Å². The van der Waals surface area contributed by atoms with Crippen LogP contribution in [0.4, 0.5) is 0 Å². The van der Waals surface area contributed by atoms with Crippen molar-refractivity contribution < 1.29 is 4.74 Å². The largest absolute Gasteiger partial charge is 0.381 e. The molecule has 0 aromatic heterocycles. The molecule has 0 aromatic rings. The van der Waals surface area contributed by atoms with E-state index in [1.54, 1.807) is 0 Å². The van der Waals surface area contributed by atoms with Gasteiger partial charge in [0.05, 0.1) is 13.2 Å². The molecule has 1 saturated carbocycles. The van der Waals surface area contributed by atoms with Crippen LogP contribution in [0.15, 0.2) is 0 Å². The summed E-state index contributed by atoms with van der Waals surface area (Å²) in [7, 11) is 0. The van der Waals surface area contributed by atoms with Crippen molar-refractivity contribution in [1.82, 2.24) is 0 Å². The molecule has 10 heavy (non-hydrogen) atoms. The highest BCUT2D eigenvalue weighted by Crippen LogP contribution is 2.36. The summed E-state index contributed by atoms with van der Waals surface area (Å²) < 4.78 is 5.13. The van der Waals surface area contributed by atoms with E-state index in [9.17, 15) is 0 Å². The van der Waals surface area contributed by atoms with E-state index >= 15 is 0 Å². The van der Waals surface area contributed by atoms with E-state index in [1.807, 2.05) is 0 Å². The van der Waals surface area contributed by atoms with Gasteiger partial charge >= 0.3 is 0 Å². The van der Waals surface area contributed by atoms with Gasteiger partial charge in [0.15, 0.2) is 0 Å². The Balaban J connectivity index is 1.98. The summed E-state index contributed by atoms with van der Waals surface area (Å²) >= 11 is 0. The van der Waals surface area contributed by atoms with Crippen LogP contribution in [0.3, 0.4) is 0 Å². The van der Waals surface area contributed by atoms with E-state index in [0.29, 0.717) is 5.92 Å². The van der Waals surface area contributed by atoms with Gasteiger partial charge in [-0.3, -0.25) is 0 Å². The number of ether oxygens (including phenoxy) is 1. The summed E-state index contributed by atoms with van der Waals surface area (Å²) in [4.78, 5) is 0. The first-order valence-electron chi connectivity index (χ1n) is 4.18. The first-order chi connectivity index (χ1) is 4.81. The molecule has 1 aliphatic heterocycles. The maximum absolute atomic E-state index is 6.18. The molecular weight excluding hydrogens is 126 g/mol. The molecule has 2 fully saturated rings. The molecule has 1 saturated heterocycles. The van der Waals surface area contributed by atoms with E-state index in [2.05, 4.69) is 0 Å². The van der Waals surface area contributed by atoms with Crippen molar-refractivity contribution in [2.45, 2.75) is 31.2 Å². The van der Waals surface area contributed by atoms with Crippen LogP contribution in [0.2, 0.25) is 0 Å². The molecule has 0 radical (unpaired) electrons. The van der Waals surface area contributed by atoms with Gasteiger partial charge in [0, 0.05) is 11.5 Å². The standard InChI is InChI=1S/C8H15NO/c9-8(3-1-2-4-8)7-5-10-6-7/h7H,1-6,9H2. The van der Waals surface area contributed by atoms with Crippen LogP contribution in [-0.4, -0.2) is 18.8 Å². The molecule has 2 N–H and O–H groups in total. The van der Waals surface area contributed by atoms with Crippen LogP contribution >= 0.6 is 0 Å². The third kappa shape index (κ3) is 0.867. The van der Waals surface area contributed by atoms with E-state index in [4.69, 9.17) is 10.5 Å². The minimum Gasteiger partial charge on any atom is -0.381 e. The number of hydrogen-bond donors (Lipinski definition) is 1. The first kappa shape index (κ1) is 6.62. The fourth-order valence-corrected chi connectivity index (χ4v) is 2.01. The van der Waals surface area contributed by atoms with E-state index in [1.165, 1.54) is 25.7 Å². The van der Waals surface area contributed by atoms with Crippen LogP contribution in [0, 0.1) is 5.92 Å². The summed E-state index contributed by atoms with van der Waals surface area (Å²) in [5, 5.41) is 0. The topological polar surface area (TPSA) is 35.2 Å². The Hall–Kier alpha value is -0.0800. The zero-order valence-electron chi connectivity index (χ0n) is 6.31. The van der Waals surface area contributed by atoms with Gasteiger partial charge in [-0.15, -0.1) is 0 Å². The zero-order valence-corrected chi connectivity index (χ0v) is 6.31. The lowest BCUT2D eigenvalue weighted by Gasteiger charge is -2.39. The van der Waals surface area contributed by atoms with Gasteiger partial charge in [-0.1, -0.05) is 12.8 Å². The van der Waals surface area contributed by atoms with Crippen molar-refractivity contribution in [3.05, 3.63) is 0 Å². The number of rotatable bonds is 1. The van der Waals surface area contributed by atoms with Gasteiger partial charge in [-0.2, -0.15) is 0 Å². The highest BCUT2D eigenvalue weighted by atomic mass is 16.5. The Morgan fingerprint density at radius 3 is 2.20 bits per heavy atom. The van der Waals surface area contributed by atoms with Crippen molar-refractivity contribution in [3.8, 4) is 0 Å². The second kappa shape index (κ2) is 2.21. The summed E-state index contributed by atoms with van der Waals surface area (Å²) in [6.07, 6.45) is 5.10. The second-order valence-electron chi connectivity index (χ2n) is 3.67. The van der Waals surface area contributed by atoms with Gasteiger partial charge in [0.2, 0.25) is 0 Å². The third-order valence-electron chi connectivity index (χ3n) is 2.99. The smallest absolute Gasteiger partial charge is 0.0534 e. The zero-order chi connectivity index (χ0) is 7.03. The molecule has 2 aliphatic rings. The minimum atomic E-state index is 0.165. The first-order valence-corrected chi connectivity index (χ1v) is 4.18. The van der Waals surface area contributed by atoms with E-state index < -0.39 is 0 Å². The van der Waals surface area contributed by atoms with Crippen LogP contribution in [0.5, 0.6) is 0 Å². The molecule has 0 spiro atoms. The minimum absolute atomic E-state index is 0.165. The SMILES string of the molecule is NC1(C2COC2)CCCC1. The van der Waals surface area contributed by atoms with Crippen LogP contribution in [0.1, 0.15) is 25.7 Å². The Morgan fingerprint density at radius 1 is 1.20 bits per heavy atom. The maximum Gasteiger partial charge on any atom is 0.0534 e. The Labute approximate surface area is 61.7 Å². The summed E-state index contributed by atoms with van der Waals surface area (Å²) in [5.41, 5.74) is 6.35. The van der Waals surface area contributed by atoms with Gasteiger partial charge in [-0.25, -0.2) is 0 Å². The van der Waals surface area contributed by atoms with Crippen molar-refractivity contribution in [1.29, 1.82) is 0 Å². The van der Waals surface area contributed by atoms with E-state index in [-0.39, 0.29) is 5.54 Å². The lowest BCUT2D eigenvalue weighted by Crippen LogP contribution is -2.53. The number of nitrogens with two attached hydrogens (primary N) is 1. The molecular formula is C8H15NO. The predicted octanol–water partition coefficient (Wildman–Crippen LogP) is 0.904. The Kier molecular flexibility index (Phi) is 1.46. The molecule has 2 heteroatoms. The monoisotopic (exact) mass is 141 g/mol. The molecule has 2 nitrogen and oxygen atoms in total. The average molecular weight is 141 g/mol. The fraction of sp³-hybridized carbons (Fsp3) is 1.00. The molecule has 2 rings (SSSR count). The van der Waals surface area contributed by atoms with Crippen molar-refractivity contribution in [2.24, 2.45) is 11.7 Å². The normalized spacial score (nSPS) is 32.1. The lowest BCUT2D eigenvalue weighted by molar-refractivity contribution is -0.0682. The van der Waals surface area contributed by atoms with Crippen LogP contribution < -0.4 is 5.73 Å². The van der Waals surface area contributed by atoms with Crippen LogP contribution in [-0.2, 0) is 4.74 Å². The Morgan fingerprint density at radius 2 is 1.80 bits per heavy atom. The van der Waals surface area contributed by atoms with Crippen molar-refractivity contribution >= 4 is 0 Å².